The lowest BCUT2D eigenvalue weighted by Crippen LogP contribution is -2.16. The number of rotatable bonds is 2. The number of hydrogen-bond donors (Lipinski definition) is 2. The Kier molecular flexibility index (Phi) is 3.08. The van der Waals surface area contributed by atoms with E-state index >= 15 is 0 Å². The fourth-order valence-electron chi connectivity index (χ4n) is 1.98. The molecule has 2 amide bonds. The summed E-state index contributed by atoms with van der Waals surface area (Å²) in [4.78, 5) is 35.8. The molecule has 0 fully saturated rings. The van der Waals surface area contributed by atoms with Gasteiger partial charge in [-0.25, -0.2) is 0 Å². The Morgan fingerprint density at radius 2 is 1.80 bits per heavy atom. The highest BCUT2D eigenvalue weighted by Crippen LogP contribution is 2.27. The van der Waals surface area contributed by atoms with Crippen LogP contribution in [0.25, 0.3) is 0 Å². The maximum atomic E-state index is 12.2. The number of thiophene rings is 1. The zero-order valence-electron chi connectivity index (χ0n) is 10.3. The first kappa shape index (κ1) is 12.6. The Hall–Kier alpha value is -2.47. The molecule has 0 radical (unpaired) electrons. The number of fused-ring (bicyclic) bond motifs is 1. The molecule has 0 aliphatic carbocycles. The molecular formula is C14H10N2O3S. The molecule has 20 heavy (non-hydrogen) atoms. The van der Waals surface area contributed by atoms with Gasteiger partial charge in [0.25, 0.3) is 0 Å². The van der Waals surface area contributed by atoms with Crippen LogP contribution in [0.4, 0.5) is 11.4 Å². The van der Waals surface area contributed by atoms with Crippen LogP contribution in [-0.4, -0.2) is 17.6 Å². The lowest BCUT2D eigenvalue weighted by molar-refractivity contribution is -0.123. The molecule has 3 rings (SSSR count). The predicted molar refractivity (Wildman–Crippen MR) is 76.1 cm³/mol. The van der Waals surface area contributed by atoms with Crippen molar-refractivity contribution in [2.24, 2.45) is 0 Å². The number of anilines is 2. The topological polar surface area (TPSA) is 75.3 Å². The largest absolute Gasteiger partial charge is 0.324 e. The Morgan fingerprint density at radius 1 is 1.05 bits per heavy atom. The van der Waals surface area contributed by atoms with Gasteiger partial charge in [0.2, 0.25) is 17.6 Å². The minimum absolute atomic E-state index is 0.104. The van der Waals surface area contributed by atoms with Gasteiger partial charge in [-0.1, -0.05) is 6.07 Å². The Labute approximate surface area is 118 Å². The quantitative estimate of drug-likeness (QED) is 0.657. The van der Waals surface area contributed by atoms with Gasteiger partial charge < -0.3 is 10.6 Å². The minimum Gasteiger partial charge on any atom is -0.324 e. The van der Waals surface area contributed by atoms with Gasteiger partial charge in [0, 0.05) is 5.56 Å². The molecule has 2 aromatic rings. The fourth-order valence-corrected chi connectivity index (χ4v) is 2.67. The summed E-state index contributed by atoms with van der Waals surface area (Å²) >= 11 is 1.36. The van der Waals surface area contributed by atoms with Gasteiger partial charge in [0.1, 0.15) is 6.42 Å². The monoisotopic (exact) mass is 286 g/mol. The van der Waals surface area contributed by atoms with Crippen LogP contribution in [0.5, 0.6) is 0 Å². The molecule has 100 valence electrons. The van der Waals surface area contributed by atoms with Crippen molar-refractivity contribution in [3.8, 4) is 0 Å². The van der Waals surface area contributed by atoms with Gasteiger partial charge in [-0.05, 0) is 29.6 Å². The van der Waals surface area contributed by atoms with E-state index in [2.05, 4.69) is 10.6 Å². The molecule has 0 saturated heterocycles. The van der Waals surface area contributed by atoms with Crippen molar-refractivity contribution >= 4 is 40.3 Å². The molecule has 0 unspecified atom stereocenters. The van der Waals surface area contributed by atoms with Crippen LogP contribution in [-0.2, 0) is 9.59 Å². The number of amides is 2. The Morgan fingerprint density at radius 3 is 2.50 bits per heavy atom. The molecule has 2 heterocycles. The third-order valence-electron chi connectivity index (χ3n) is 2.90. The van der Waals surface area contributed by atoms with Gasteiger partial charge in [-0.2, -0.15) is 0 Å². The summed E-state index contributed by atoms with van der Waals surface area (Å²) in [5, 5.41) is 7.08. The van der Waals surface area contributed by atoms with Gasteiger partial charge in [0.15, 0.2) is 0 Å². The molecule has 0 atom stereocenters. The second-order valence-corrected chi connectivity index (χ2v) is 5.29. The maximum absolute atomic E-state index is 12.2. The van der Waals surface area contributed by atoms with Gasteiger partial charge in [0.05, 0.1) is 16.3 Å². The molecule has 1 aliphatic heterocycles. The zero-order valence-corrected chi connectivity index (χ0v) is 11.1. The molecular weight excluding hydrogens is 276 g/mol. The van der Waals surface area contributed by atoms with Gasteiger partial charge in [-0.15, -0.1) is 11.3 Å². The average molecular weight is 286 g/mol. The number of carbonyl (C=O) groups excluding carboxylic acids is 3. The van der Waals surface area contributed by atoms with Crippen molar-refractivity contribution in [2.75, 3.05) is 10.6 Å². The molecule has 1 aromatic carbocycles. The number of ketones is 1. The van der Waals surface area contributed by atoms with Crippen molar-refractivity contribution in [2.45, 2.75) is 6.42 Å². The van der Waals surface area contributed by atoms with Crippen LogP contribution in [0.15, 0.2) is 35.7 Å². The number of nitrogens with one attached hydrogen (secondary N) is 2. The number of hydrogen-bond acceptors (Lipinski definition) is 4. The highest BCUT2D eigenvalue weighted by Gasteiger charge is 2.20. The Bertz CT molecular complexity index is 707. The van der Waals surface area contributed by atoms with E-state index in [4.69, 9.17) is 0 Å². The third kappa shape index (κ3) is 2.33. The molecule has 1 aromatic heterocycles. The van der Waals surface area contributed by atoms with E-state index in [0.29, 0.717) is 21.8 Å². The van der Waals surface area contributed by atoms with Crippen LogP contribution < -0.4 is 10.6 Å². The molecule has 6 heteroatoms. The smallest absolute Gasteiger partial charge is 0.233 e. The van der Waals surface area contributed by atoms with E-state index in [1.807, 2.05) is 11.4 Å². The molecule has 0 bridgehead atoms. The van der Waals surface area contributed by atoms with Crippen molar-refractivity contribution < 1.29 is 14.4 Å². The van der Waals surface area contributed by atoms with Crippen molar-refractivity contribution in [3.05, 3.63) is 46.2 Å². The standard InChI is InChI=1S/C14H10N2O3S/c17-12-7-13(18)16-10-6-8(3-4-9(10)15-12)14(19)11-2-1-5-20-11/h1-6H,7H2,(H,15,17)(H,16,18). The summed E-state index contributed by atoms with van der Waals surface area (Å²) in [6.07, 6.45) is -0.219. The van der Waals surface area contributed by atoms with E-state index in [9.17, 15) is 14.4 Å². The summed E-state index contributed by atoms with van der Waals surface area (Å²) in [7, 11) is 0. The first-order valence-electron chi connectivity index (χ1n) is 5.95. The fraction of sp³-hybridized carbons (Fsp3) is 0.0714. The molecule has 0 saturated carbocycles. The highest BCUT2D eigenvalue weighted by molar-refractivity contribution is 7.12. The van der Waals surface area contributed by atoms with E-state index in [1.165, 1.54) is 11.3 Å². The molecule has 2 N–H and O–H groups in total. The second-order valence-electron chi connectivity index (χ2n) is 4.34. The van der Waals surface area contributed by atoms with Crippen LogP contribution in [0.3, 0.4) is 0 Å². The Balaban J connectivity index is 1.99. The van der Waals surface area contributed by atoms with Crippen LogP contribution >= 0.6 is 11.3 Å². The normalized spacial score (nSPS) is 14.0. The van der Waals surface area contributed by atoms with E-state index < -0.39 is 0 Å². The van der Waals surface area contributed by atoms with Crippen LogP contribution in [0.1, 0.15) is 21.7 Å². The molecule has 0 spiro atoms. The van der Waals surface area contributed by atoms with Crippen molar-refractivity contribution in [1.82, 2.24) is 0 Å². The summed E-state index contributed by atoms with van der Waals surface area (Å²) in [6.45, 7) is 0. The third-order valence-corrected chi connectivity index (χ3v) is 3.76. The summed E-state index contributed by atoms with van der Waals surface area (Å²) in [5.74, 6) is -0.854. The van der Waals surface area contributed by atoms with Crippen molar-refractivity contribution in [3.63, 3.8) is 0 Å². The van der Waals surface area contributed by atoms with Gasteiger partial charge in [-0.3, -0.25) is 14.4 Å². The lowest BCUT2D eigenvalue weighted by atomic mass is 10.1. The number of carbonyl (C=O) groups is 3. The van der Waals surface area contributed by atoms with E-state index in [0.717, 1.165) is 0 Å². The molecule has 5 nitrogen and oxygen atoms in total. The first-order valence-corrected chi connectivity index (χ1v) is 6.83. The lowest BCUT2D eigenvalue weighted by Gasteiger charge is -2.08. The zero-order chi connectivity index (χ0) is 14.1. The van der Waals surface area contributed by atoms with Crippen LogP contribution in [0.2, 0.25) is 0 Å². The average Bonchev–Trinajstić information content (AvgIpc) is 2.88. The first-order chi connectivity index (χ1) is 9.63. The van der Waals surface area contributed by atoms with E-state index in [-0.39, 0.29) is 24.0 Å². The highest BCUT2D eigenvalue weighted by atomic mass is 32.1. The SMILES string of the molecule is O=C1CC(=O)Nc2cc(C(=O)c3cccs3)ccc2N1. The minimum atomic E-state index is -0.387. The summed E-state index contributed by atoms with van der Waals surface area (Å²) in [6, 6.07) is 8.40. The summed E-state index contributed by atoms with van der Waals surface area (Å²) < 4.78 is 0. The van der Waals surface area contributed by atoms with Crippen LogP contribution in [0, 0.1) is 0 Å². The van der Waals surface area contributed by atoms with Gasteiger partial charge >= 0.3 is 0 Å². The predicted octanol–water partition coefficient (Wildman–Crippen LogP) is 2.26. The molecule has 1 aliphatic rings. The second kappa shape index (κ2) is 4.90. The maximum Gasteiger partial charge on any atom is 0.233 e. The van der Waals surface area contributed by atoms with E-state index in [1.54, 1.807) is 24.3 Å². The summed E-state index contributed by atoms with van der Waals surface area (Å²) in [5.41, 5.74) is 1.43. The number of benzene rings is 1. The van der Waals surface area contributed by atoms with Crippen molar-refractivity contribution in [1.29, 1.82) is 0 Å².